The molecular weight excluding hydrogens is 1940 g/mol. The molecule has 1 saturated heterocycles. The Morgan fingerprint density at radius 1 is 0.307 bits per heavy atom. The second kappa shape index (κ2) is 65.6. The van der Waals surface area contributed by atoms with E-state index < -0.39 is 6.10 Å². The van der Waals surface area contributed by atoms with Gasteiger partial charge in [0, 0.05) is 97.7 Å². The number of hydrogen-bond donors (Lipinski definition) is 18. The van der Waals surface area contributed by atoms with Crippen LogP contribution in [-0.4, -0.2) is 123 Å². The van der Waals surface area contributed by atoms with Gasteiger partial charge in [0.25, 0.3) is 0 Å². The molecule has 0 spiro atoms. The van der Waals surface area contributed by atoms with Crippen LogP contribution in [0.15, 0.2) is 228 Å². The molecule has 1 heterocycles. The molecule has 16 rings (SSSR count). The smallest absolute Gasteiger partial charge is 0.129 e. The van der Waals surface area contributed by atoms with Gasteiger partial charge in [-0.15, -0.1) is 0 Å². The molecule has 0 aromatic heterocycles. The molecule has 8 aromatic carbocycles. The van der Waals surface area contributed by atoms with Crippen molar-refractivity contribution in [2.45, 2.75) is 263 Å². The quantitative estimate of drug-likeness (QED) is 0.0144. The number of amidine groups is 8. The van der Waals surface area contributed by atoms with E-state index in [1.807, 2.05) is 122 Å². The third kappa shape index (κ3) is 46.0. The van der Waals surface area contributed by atoms with Crippen LogP contribution >= 0.6 is 92.8 Å². The summed E-state index contributed by atoms with van der Waals surface area (Å²) in [4.78, 5) is 34.8. The highest BCUT2D eigenvalue weighted by Crippen LogP contribution is 2.37. The van der Waals surface area contributed by atoms with Gasteiger partial charge < -0.3 is 14.9 Å². The Bertz CT molecular complexity index is 5140. The van der Waals surface area contributed by atoms with Gasteiger partial charge in [-0.05, 0) is 264 Å². The Morgan fingerprint density at radius 2 is 0.636 bits per heavy atom. The van der Waals surface area contributed by atoms with Gasteiger partial charge in [0.2, 0.25) is 0 Å². The summed E-state index contributed by atoms with van der Waals surface area (Å²) in [5.74, 6) is 8.04. The van der Waals surface area contributed by atoms with E-state index in [1.54, 1.807) is 72.8 Å². The highest BCUT2D eigenvalue weighted by atomic mass is 35.5. The van der Waals surface area contributed by atoms with Gasteiger partial charge in [0.15, 0.2) is 0 Å². The van der Waals surface area contributed by atoms with E-state index in [1.165, 1.54) is 128 Å². The van der Waals surface area contributed by atoms with Crippen LogP contribution in [0.4, 0.5) is 45.5 Å². The number of hydrogen-bond acceptors (Lipinski definition) is 19. The summed E-state index contributed by atoms with van der Waals surface area (Å²) in [6.45, 7) is 2.73. The summed E-state index contributed by atoms with van der Waals surface area (Å²) in [5.41, 5.74) is 24.3. The summed E-state index contributed by atoms with van der Waals surface area (Å²) in [7, 11) is 0. The summed E-state index contributed by atoms with van der Waals surface area (Å²) < 4.78 is 5.49. The minimum absolute atomic E-state index is 0.146. The number of halogens is 8. The fourth-order valence-corrected chi connectivity index (χ4v) is 19.4. The van der Waals surface area contributed by atoms with Gasteiger partial charge in [-0.25, -0.2) is 39.9 Å². The zero-order valence-electron chi connectivity index (χ0n) is 79.5. The van der Waals surface area contributed by atoms with Gasteiger partial charge in [-0.1, -0.05) is 257 Å². The minimum atomic E-state index is -0.469. The summed E-state index contributed by atoms with van der Waals surface area (Å²) >= 11 is 47.2. The normalized spacial score (nSPS) is 18.8. The molecule has 27 nitrogen and oxygen atoms in total. The van der Waals surface area contributed by atoms with E-state index in [0.717, 1.165) is 136 Å². The second-order valence-electron chi connectivity index (χ2n) is 36.5. The third-order valence-corrected chi connectivity index (χ3v) is 27.1. The molecule has 760 valence electrons. The average molecular weight is 2080 g/mol. The SMILES string of the molecule is Cc1cc(Cl)cc(N=C(CC(O)C2CCCCC2)NO)c1.ONC(=Nc1cccc(Cl)c1)C1CCCC1.ONC(CC1CC1)=Nc1cccc(Cl)c1.ONC(CC1CCCC1)=Nc1cccc(Cl)c1.ONC(CC1CCCC1O)=Nc1cccc(Cl)c1.ONC(CC1CCCCC1)=Nc1cccc(Cl)c1.ONC(CC1CCCO1)=Nc1cccc(Cl)c1.ONC(CCC1CCCC1)=Nc1cccc(Cl)c1. The van der Waals surface area contributed by atoms with Crippen LogP contribution in [0.1, 0.15) is 243 Å². The predicted octanol–water partition coefficient (Wildman–Crippen LogP) is 29.1. The molecule has 7 aliphatic carbocycles. The van der Waals surface area contributed by atoms with Gasteiger partial charge in [0.05, 0.1) is 63.8 Å². The first-order valence-corrected chi connectivity index (χ1v) is 51.8. The number of aliphatic imine (C=N–C) groups is 8. The molecule has 8 fully saturated rings. The molecular formula is C105H138Cl8N16O11. The molecule has 140 heavy (non-hydrogen) atoms. The Kier molecular flexibility index (Phi) is 53.9. The zero-order valence-corrected chi connectivity index (χ0v) is 85.6. The van der Waals surface area contributed by atoms with Crippen molar-refractivity contribution in [3.05, 3.63) is 234 Å². The van der Waals surface area contributed by atoms with Crippen LogP contribution in [-0.2, 0) is 4.74 Å². The molecule has 8 aromatic rings. The first-order valence-electron chi connectivity index (χ1n) is 48.8. The molecule has 35 heteroatoms. The lowest BCUT2D eigenvalue weighted by atomic mass is 9.84. The lowest BCUT2D eigenvalue weighted by Gasteiger charge is -2.26. The summed E-state index contributed by atoms with van der Waals surface area (Å²) in [6, 6.07) is 56.3. The first-order chi connectivity index (χ1) is 67.9. The minimum Gasteiger partial charge on any atom is -0.393 e. The topological polar surface area (TPSA) is 407 Å². The van der Waals surface area contributed by atoms with E-state index in [4.69, 9.17) is 129 Å². The average Bonchev–Trinajstić information content (AvgIpc) is 1.35. The maximum Gasteiger partial charge on any atom is 0.129 e. The highest BCUT2D eigenvalue weighted by Gasteiger charge is 2.29. The van der Waals surface area contributed by atoms with Gasteiger partial charge in [-0.3, -0.25) is 85.5 Å². The number of aliphatic hydroxyl groups excluding tert-OH is 2. The number of aryl methyl sites for hydroxylation is 1. The molecule has 4 atom stereocenters. The Morgan fingerprint density at radius 3 is 0.979 bits per heavy atom. The fraction of sp³-hybridized carbons (Fsp3) is 0.467. The van der Waals surface area contributed by atoms with Gasteiger partial charge in [0.1, 0.15) is 46.7 Å². The largest absolute Gasteiger partial charge is 0.393 e. The van der Waals surface area contributed by atoms with E-state index in [2.05, 4.69) is 83.8 Å². The van der Waals surface area contributed by atoms with Crippen LogP contribution in [0.5, 0.6) is 0 Å². The lowest BCUT2D eigenvalue weighted by Crippen LogP contribution is -2.30. The van der Waals surface area contributed by atoms with Crippen LogP contribution in [0.3, 0.4) is 0 Å². The molecule has 4 unspecified atom stereocenters. The van der Waals surface area contributed by atoms with Crippen LogP contribution in [0, 0.1) is 48.3 Å². The third-order valence-electron chi connectivity index (χ3n) is 25.3. The molecule has 1 aliphatic heterocycles. The second-order valence-corrected chi connectivity index (χ2v) is 40.0. The number of benzene rings is 8. The maximum absolute atomic E-state index is 10.3. The number of aliphatic hydroxyl groups is 2. The Balaban J connectivity index is 0.000000179. The molecule has 18 N–H and O–H groups in total. The van der Waals surface area contributed by atoms with E-state index in [-0.39, 0.29) is 18.1 Å². The van der Waals surface area contributed by atoms with Crippen molar-refractivity contribution in [3.63, 3.8) is 0 Å². The predicted molar refractivity (Wildman–Crippen MR) is 570 cm³/mol. The van der Waals surface area contributed by atoms with Crippen molar-refractivity contribution in [1.29, 1.82) is 0 Å². The number of ether oxygens (including phenoxy) is 1. The molecule has 0 amide bonds. The van der Waals surface area contributed by atoms with Crippen molar-refractivity contribution in [2.75, 3.05) is 6.61 Å². The van der Waals surface area contributed by atoms with Gasteiger partial charge in [-0.2, -0.15) is 0 Å². The maximum atomic E-state index is 10.3. The van der Waals surface area contributed by atoms with Crippen molar-refractivity contribution < 1.29 is 56.6 Å². The van der Waals surface area contributed by atoms with Crippen molar-refractivity contribution in [2.24, 2.45) is 81.4 Å². The summed E-state index contributed by atoms with van der Waals surface area (Å²) in [6.07, 6.45) is 39.6. The first kappa shape index (κ1) is 115. The van der Waals surface area contributed by atoms with E-state index in [0.29, 0.717) is 153 Å². The summed E-state index contributed by atoms with van der Waals surface area (Å²) in [5, 5.41) is 98.0. The van der Waals surface area contributed by atoms with E-state index in [9.17, 15) is 20.6 Å². The Labute approximate surface area is 863 Å². The molecule has 8 aliphatic rings. The molecule has 0 radical (unpaired) electrons. The monoisotopic (exact) mass is 2080 g/mol. The van der Waals surface area contributed by atoms with Crippen molar-refractivity contribution in [1.82, 2.24) is 43.8 Å². The lowest BCUT2D eigenvalue weighted by molar-refractivity contribution is 0.0875. The van der Waals surface area contributed by atoms with Gasteiger partial charge >= 0.3 is 0 Å². The number of hydroxylamine groups is 8. The highest BCUT2D eigenvalue weighted by molar-refractivity contribution is 6.33. The zero-order chi connectivity index (χ0) is 100. The Hall–Kier alpha value is -8.60. The van der Waals surface area contributed by atoms with Crippen molar-refractivity contribution >= 4 is 185 Å². The van der Waals surface area contributed by atoms with E-state index >= 15 is 0 Å². The van der Waals surface area contributed by atoms with Crippen LogP contribution in [0.25, 0.3) is 0 Å². The fourth-order valence-electron chi connectivity index (χ4n) is 17.9. The molecule has 0 bridgehead atoms. The number of nitrogens with one attached hydrogen (secondary N) is 8. The van der Waals surface area contributed by atoms with Crippen LogP contribution < -0.4 is 43.8 Å². The number of rotatable bonds is 25. The molecule has 7 saturated carbocycles. The number of nitrogens with zero attached hydrogens (tertiary/aromatic N) is 8. The van der Waals surface area contributed by atoms with Crippen molar-refractivity contribution in [3.8, 4) is 0 Å². The standard InChI is InChI=1S/C16H23ClN2O2.2C14H19ClN2O.C13H17ClN2O2.C13H17ClN2O.C12H15ClN2O2.C12H15ClN2O.C11H13ClN2O/c1-11-7-13(17)9-14(8-11)18-16(19-21)10-15(20)12-5-3-2-4-6-12;15-12-6-3-7-13(10-12)16-14(17-18)9-8-11-4-1-2-5-11;15-12-7-4-8-13(10-12)16-14(17-18)9-11-5-2-1-3-6-11;14-10-4-2-5-11(8-10)15-13(16-18)7-9-3-1-6-12(9)17;14-11-6-3-7-12(9-11)15-13(16-17)8-10-4-1-2-5-10;13-9-3-1-4-10(7-9)14-12(15-16)8-11-5-2-6-17-11;13-10-6-3-7-11(8-10)14-12(15-16)9-4-1-2-5-9;12-9-2-1-3-10(7-9)13-11(14-15)6-8-4-5-8/h7-9,12,15,20-21H,2-6,10H2,1H3,(H,18,19);3,6-7,10-11,18H,1-2,4-5,8-9H2,(H,16,17);4,7-8,10-11,18H,1-3,5-6,9H2,(H,16,17);2,4-5,8-9,12,17-18H,1,3,6-7H2,(H,15,16);3,6-7,9-10,17H,1-2,4-5,8H2,(H,15,16);1,3-4,7,11,16H,2,5-6,8H2,(H,14,15);3,6-9,16H,1-2,4-5H2,(H,14,15);1-3,7-8,15H,4-6H2,(H,13,14). The van der Waals surface area contributed by atoms with Crippen LogP contribution in [0.2, 0.25) is 40.2 Å².